The predicted molar refractivity (Wildman–Crippen MR) is 157 cm³/mol. The molecule has 5 aromatic rings. The molecule has 0 atom stereocenters. The number of pyridine rings is 1. The average Bonchev–Trinajstić information content (AvgIpc) is 2.95. The van der Waals surface area contributed by atoms with E-state index < -0.39 is 25.8 Å². The first-order chi connectivity index (χ1) is 19.5. The van der Waals surface area contributed by atoms with E-state index in [0.717, 1.165) is 17.0 Å². The molecule has 1 amide bonds. The highest BCUT2D eigenvalue weighted by atomic mass is 32.2. The SMILES string of the molecule is CS(=O)(=O)c1ccc(ONc2nccc3ccccc23)c(NC(=O)c2ccc(-c3ccccc3S(N)(=O)=O)cc2)c1. The molecule has 0 saturated heterocycles. The van der Waals surface area contributed by atoms with Crippen molar-refractivity contribution in [1.82, 2.24) is 4.98 Å². The minimum absolute atomic E-state index is 0.0154. The van der Waals surface area contributed by atoms with Crippen molar-refractivity contribution < 1.29 is 26.5 Å². The number of benzene rings is 4. The van der Waals surface area contributed by atoms with E-state index in [1.165, 1.54) is 36.4 Å². The van der Waals surface area contributed by atoms with Crippen molar-refractivity contribution in [2.75, 3.05) is 17.1 Å². The van der Waals surface area contributed by atoms with Crippen LogP contribution in [0.5, 0.6) is 5.75 Å². The van der Waals surface area contributed by atoms with Gasteiger partial charge in [0, 0.05) is 29.0 Å². The number of hydrogen-bond acceptors (Lipinski definition) is 8. The Hall–Kier alpha value is -4.78. The zero-order valence-electron chi connectivity index (χ0n) is 21.6. The second-order valence-electron chi connectivity index (χ2n) is 9.09. The van der Waals surface area contributed by atoms with Gasteiger partial charge in [-0.15, -0.1) is 0 Å². The third kappa shape index (κ3) is 6.19. The van der Waals surface area contributed by atoms with Crippen molar-refractivity contribution >= 4 is 48.0 Å². The summed E-state index contributed by atoms with van der Waals surface area (Å²) in [4.78, 5) is 23.2. The average molecular weight is 589 g/mol. The maximum Gasteiger partial charge on any atom is 0.255 e. The highest BCUT2D eigenvalue weighted by Crippen LogP contribution is 2.31. The molecule has 0 bridgehead atoms. The fourth-order valence-corrected chi connectivity index (χ4v) is 5.59. The Bertz CT molecular complexity index is 1990. The van der Waals surface area contributed by atoms with Gasteiger partial charge in [-0.1, -0.05) is 54.6 Å². The fraction of sp³-hybridized carbons (Fsp3) is 0.0345. The number of carbonyl (C=O) groups is 1. The van der Waals surface area contributed by atoms with Gasteiger partial charge >= 0.3 is 0 Å². The Labute approximate surface area is 236 Å². The molecule has 4 aromatic carbocycles. The lowest BCUT2D eigenvalue weighted by Gasteiger charge is -2.15. The molecule has 0 radical (unpaired) electrons. The maximum absolute atomic E-state index is 13.2. The number of nitrogens with one attached hydrogen (secondary N) is 2. The van der Waals surface area contributed by atoms with Crippen LogP contribution in [0.4, 0.5) is 11.5 Å². The molecule has 0 aliphatic heterocycles. The monoisotopic (exact) mass is 588 g/mol. The third-order valence-electron chi connectivity index (χ3n) is 6.21. The Kier molecular flexibility index (Phi) is 7.45. The van der Waals surface area contributed by atoms with Gasteiger partial charge < -0.3 is 10.2 Å². The summed E-state index contributed by atoms with van der Waals surface area (Å²) in [5.41, 5.74) is 4.07. The van der Waals surface area contributed by atoms with Crippen LogP contribution < -0.4 is 20.8 Å². The standard InChI is InChI=1S/C29H24N4O6S2/c1-40(35,36)22-14-15-26(39-33-28-24-8-3-2-6-19(24)16-17-31-28)25(18-22)32-29(34)21-12-10-20(11-13-21)23-7-4-5-9-27(23)41(30,37)38/h2-18H,1H3,(H,31,33)(H,32,34)(H2,30,37,38). The summed E-state index contributed by atoms with van der Waals surface area (Å²) in [7, 11) is -7.55. The number of nitrogens with zero attached hydrogens (tertiary/aromatic N) is 1. The summed E-state index contributed by atoms with van der Waals surface area (Å²) >= 11 is 0. The van der Waals surface area contributed by atoms with Crippen LogP contribution in [-0.4, -0.2) is 34.0 Å². The molecule has 4 N–H and O–H groups in total. The van der Waals surface area contributed by atoms with Gasteiger partial charge in [0.05, 0.1) is 15.5 Å². The molecule has 1 heterocycles. The molecular weight excluding hydrogens is 564 g/mol. The summed E-state index contributed by atoms with van der Waals surface area (Å²) in [6, 6.07) is 26.0. The van der Waals surface area contributed by atoms with Gasteiger partial charge in [0.1, 0.15) is 0 Å². The lowest BCUT2D eigenvalue weighted by molar-refractivity contribution is 0.102. The van der Waals surface area contributed by atoms with Gasteiger partial charge in [-0.05, 0) is 53.4 Å². The lowest BCUT2D eigenvalue weighted by atomic mass is 10.0. The van der Waals surface area contributed by atoms with Crippen LogP contribution in [0.2, 0.25) is 0 Å². The van der Waals surface area contributed by atoms with E-state index in [9.17, 15) is 21.6 Å². The zero-order valence-corrected chi connectivity index (χ0v) is 23.2. The Morgan fingerprint density at radius 3 is 2.29 bits per heavy atom. The summed E-state index contributed by atoms with van der Waals surface area (Å²) in [6.07, 6.45) is 2.68. The number of sulfonamides is 1. The minimum Gasteiger partial charge on any atom is -0.378 e. The number of rotatable bonds is 8. The summed E-state index contributed by atoms with van der Waals surface area (Å²) in [5, 5.41) is 9.79. The van der Waals surface area contributed by atoms with E-state index >= 15 is 0 Å². The van der Waals surface area contributed by atoms with Crippen LogP contribution in [0.15, 0.2) is 113 Å². The Morgan fingerprint density at radius 2 is 1.56 bits per heavy atom. The van der Waals surface area contributed by atoms with Crippen LogP contribution >= 0.6 is 0 Å². The van der Waals surface area contributed by atoms with E-state index in [4.69, 9.17) is 9.98 Å². The number of primary sulfonamides is 1. The van der Waals surface area contributed by atoms with Crippen molar-refractivity contribution in [2.45, 2.75) is 9.79 Å². The topological polar surface area (TPSA) is 158 Å². The van der Waals surface area contributed by atoms with Crippen LogP contribution in [0.1, 0.15) is 10.4 Å². The van der Waals surface area contributed by atoms with E-state index in [1.54, 1.807) is 36.5 Å². The fourth-order valence-electron chi connectivity index (χ4n) is 4.18. The first-order valence-electron chi connectivity index (χ1n) is 12.1. The molecule has 0 saturated carbocycles. The highest BCUT2D eigenvalue weighted by Gasteiger charge is 2.18. The number of nitrogens with two attached hydrogens (primary N) is 1. The van der Waals surface area contributed by atoms with Crippen LogP contribution in [-0.2, 0) is 19.9 Å². The van der Waals surface area contributed by atoms with Crippen molar-refractivity contribution in [3.8, 4) is 16.9 Å². The number of anilines is 2. The summed E-state index contributed by atoms with van der Waals surface area (Å²) in [6.45, 7) is 0. The van der Waals surface area contributed by atoms with E-state index in [-0.39, 0.29) is 26.8 Å². The molecule has 1 aromatic heterocycles. The maximum atomic E-state index is 13.2. The number of fused-ring (bicyclic) bond motifs is 1. The van der Waals surface area contributed by atoms with Gasteiger partial charge in [-0.2, -0.15) is 0 Å². The second kappa shape index (κ2) is 11.0. The third-order valence-corrected chi connectivity index (χ3v) is 8.29. The van der Waals surface area contributed by atoms with Crippen molar-refractivity contribution in [3.05, 3.63) is 109 Å². The molecule has 10 nitrogen and oxygen atoms in total. The van der Waals surface area contributed by atoms with Crippen molar-refractivity contribution in [1.29, 1.82) is 0 Å². The first kappa shape index (κ1) is 27.8. The van der Waals surface area contributed by atoms with Gasteiger partial charge in [-0.25, -0.2) is 32.4 Å². The van der Waals surface area contributed by atoms with Crippen LogP contribution in [0.3, 0.4) is 0 Å². The molecule has 5 rings (SSSR count). The van der Waals surface area contributed by atoms with Gasteiger partial charge in [-0.3, -0.25) is 4.79 Å². The smallest absolute Gasteiger partial charge is 0.255 e. The Balaban J connectivity index is 1.42. The Morgan fingerprint density at radius 1 is 0.854 bits per heavy atom. The molecule has 0 aliphatic rings. The molecule has 0 spiro atoms. The molecule has 0 unspecified atom stereocenters. The van der Waals surface area contributed by atoms with Gasteiger partial charge in [0.15, 0.2) is 21.4 Å². The molecule has 208 valence electrons. The number of carbonyl (C=O) groups excluding carboxylic acids is 1. The van der Waals surface area contributed by atoms with Crippen LogP contribution in [0.25, 0.3) is 21.9 Å². The highest BCUT2D eigenvalue weighted by molar-refractivity contribution is 7.90. The number of hydrogen-bond donors (Lipinski definition) is 3. The lowest BCUT2D eigenvalue weighted by Crippen LogP contribution is -2.15. The van der Waals surface area contributed by atoms with E-state index in [1.807, 2.05) is 30.3 Å². The largest absolute Gasteiger partial charge is 0.378 e. The van der Waals surface area contributed by atoms with Gasteiger partial charge in [0.25, 0.3) is 5.91 Å². The first-order valence-corrected chi connectivity index (χ1v) is 15.6. The molecule has 12 heteroatoms. The minimum atomic E-state index is -3.96. The normalized spacial score (nSPS) is 11.7. The number of sulfone groups is 1. The number of aromatic nitrogens is 1. The van der Waals surface area contributed by atoms with Gasteiger partial charge in [0.2, 0.25) is 10.0 Å². The predicted octanol–water partition coefficient (Wildman–Crippen LogP) is 4.61. The molecule has 41 heavy (non-hydrogen) atoms. The van der Waals surface area contributed by atoms with E-state index in [0.29, 0.717) is 16.9 Å². The molecule has 0 aliphatic carbocycles. The quantitative estimate of drug-likeness (QED) is 0.222. The second-order valence-corrected chi connectivity index (χ2v) is 12.6. The summed E-state index contributed by atoms with van der Waals surface area (Å²) in [5.74, 6) is 0.0391. The van der Waals surface area contributed by atoms with Crippen molar-refractivity contribution in [2.24, 2.45) is 5.14 Å². The van der Waals surface area contributed by atoms with E-state index in [2.05, 4.69) is 15.8 Å². The summed E-state index contributed by atoms with van der Waals surface area (Å²) < 4.78 is 48.4. The number of amides is 1. The van der Waals surface area contributed by atoms with Crippen LogP contribution in [0, 0.1) is 0 Å². The molecule has 0 fully saturated rings. The molecular formula is C29H24N4O6S2. The zero-order chi connectivity index (χ0) is 29.2. The van der Waals surface area contributed by atoms with Crippen molar-refractivity contribution in [3.63, 3.8) is 0 Å².